The molecule has 2 amide bonds. The van der Waals surface area contributed by atoms with Gasteiger partial charge in [-0.05, 0) is 40.2 Å². The summed E-state index contributed by atoms with van der Waals surface area (Å²) >= 11 is 9.10. The van der Waals surface area contributed by atoms with Crippen LogP contribution >= 0.6 is 27.5 Å². The molecule has 0 saturated heterocycles. The fourth-order valence-corrected chi connectivity index (χ4v) is 1.96. The molecule has 0 fully saturated rings. The maximum absolute atomic E-state index is 11.7. The molecule has 7 heteroatoms. The molecule has 19 heavy (non-hydrogen) atoms. The molecule has 1 heterocycles. The zero-order valence-electron chi connectivity index (χ0n) is 9.87. The number of furan rings is 1. The SMILES string of the molecule is COc1ccc(NC(=O)Nc2ccc(Br)o2)cc1Cl. The van der Waals surface area contributed by atoms with Gasteiger partial charge in [0.2, 0.25) is 5.88 Å². The smallest absolute Gasteiger partial charge is 0.326 e. The van der Waals surface area contributed by atoms with Gasteiger partial charge >= 0.3 is 6.03 Å². The molecule has 0 radical (unpaired) electrons. The van der Waals surface area contributed by atoms with Crippen molar-refractivity contribution < 1.29 is 13.9 Å². The van der Waals surface area contributed by atoms with Crippen LogP contribution < -0.4 is 15.4 Å². The minimum Gasteiger partial charge on any atom is -0.495 e. The lowest BCUT2D eigenvalue weighted by atomic mass is 10.3. The Bertz CT molecular complexity index is 600. The molecular weight excluding hydrogens is 336 g/mol. The van der Waals surface area contributed by atoms with Gasteiger partial charge in [0.05, 0.1) is 12.1 Å². The van der Waals surface area contributed by atoms with Gasteiger partial charge in [0.15, 0.2) is 4.67 Å². The zero-order valence-corrected chi connectivity index (χ0v) is 12.2. The van der Waals surface area contributed by atoms with Crippen molar-refractivity contribution in [2.24, 2.45) is 0 Å². The van der Waals surface area contributed by atoms with E-state index in [0.717, 1.165) is 0 Å². The Labute approximate surface area is 123 Å². The molecule has 100 valence electrons. The Kier molecular flexibility index (Phi) is 4.34. The highest BCUT2D eigenvalue weighted by atomic mass is 79.9. The summed E-state index contributed by atoms with van der Waals surface area (Å²) in [6.45, 7) is 0. The van der Waals surface area contributed by atoms with Crippen LogP contribution in [0.3, 0.4) is 0 Å². The summed E-state index contributed by atoms with van der Waals surface area (Å²) in [6, 6.07) is 7.83. The van der Waals surface area contributed by atoms with Gasteiger partial charge in [-0.2, -0.15) is 0 Å². The van der Waals surface area contributed by atoms with Crippen molar-refractivity contribution in [3.8, 4) is 5.75 Å². The fraction of sp³-hybridized carbons (Fsp3) is 0.0833. The van der Waals surface area contributed by atoms with Crippen molar-refractivity contribution in [3.63, 3.8) is 0 Å². The highest BCUT2D eigenvalue weighted by Crippen LogP contribution is 2.27. The number of halogens is 2. The van der Waals surface area contributed by atoms with Crippen molar-refractivity contribution >= 4 is 45.1 Å². The number of amides is 2. The van der Waals surface area contributed by atoms with Crippen LogP contribution in [0, 0.1) is 0 Å². The van der Waals surface area contributed by atoms with Gasteiger partial charge in [-0.25, -0.2) is 4.79 Å². The maximum Gasteiger partial charge on any atom is 0.326 e. The van der Waals surface area contributed by atoms with Gasteiger partial charge in [-0.3, -0.25) is 5.32 Å². The van der Waals surface area contributed by atoms with Gasteiger partial charge < -0.3 is 14.5 Å². The highest BCUT2D eigenvalue weighted by molar-refractivity contribution is 9.10. The van der Waals surface area contributed by atoms with Crippen LogP contribution in [0.1, 0.15) is 0 Å². The predicted molar refractivity (Wildman–Crippen MR) is 77.1 cm³/mol. The second-order valence-corrected chi connectivity index (χ2v) is 4.72. The van der Waals surface area contributed by atoms with E-state index >= 15 is 0 Å². The molecule has 0 aliphatic carbocycles. The van der Waals surface area contributed by atoms with E-state index in [4.69, 9.17) is 20.8 Å². The number of hydrogen-bond acceptors (Lipinski definition) is 3. The molecule has 1 aromatic carbocycles. The number of urea groups is 1. The molecule has 1 aromatic heterocycles. The summed E-state index contributed by atoms with van der Waals surface area (Å²) in [5.41, 5.74) is 0.550. The van der Waals surface area contributed by atoms with E-state index < -0.39 is 6.03 Å². The molecule has 2 rings (SSSR count). The lowest BCUT2D eigenvalue weighted by molar-refractivity contribution is 0.261. The predicted octanol–water partition coefficient (Wildman–Crippen LogP) is 4.35. The lowest BCUT2D eigenvalue weighted by Gasteiger charge is -2.08. The largest absolute Gasteiger partial charge is 0.495 e. The van der Waals surface area contributed by atoms with E-state index in [0.29, 0.717) is 27.0 Å². The quantitative estimate of drug-likeness (QED) is 0.869. The number of methoxy groups -OCH3 is 1. The van der Waals surface area contributed by atoms with Gasteiger partial charge in [-0.15, -0.1) is 0 Å². The summed E-state index contributed by atoms with van der Waals surface area (Å²) in [6.07, 6.45) is 0. The third-order valence-electron chi connectivity index (χ3n) is 2.22. The Hall–Kier alpha value is -1.66. The molecule has 0 aliphatic rings. The Balaban J connectivity index is 2.00. The van der Waals surface area contributed by atoms with Crippen molar-refractivity contribution in [2.75, 3.05) is 17.7 Å². The van der Waals surface area contributed by atoms with E-state index in [9.17, 15) is 4.79 Å². The first-order valence-corrected chi connectivity index (χ1v) is 6.42. The summed E-state index contributed by atoms with van der Waals surface area (Å²) in [4.78, 5) is 11.7. The fourth-order valence-electron chi connectivity index (χ4n) is 1.40. The average molecular weight is 346 g/mol. The monoisotopic (exact) mass is 344 g/mol. The number of hydrogen-bond donors (Lipinski definition) is 2. The number of ether oxygens (including phenoxy) is 1. The number of carbonyl (C=O) groups is 1. The molecule has 0 saturated carbocycles. The molecule has 2 aromatic rings. The van der Waals surface area contributed by atoms with E-state index in [1.54, 1.807) is 30.3 Å². The number of nitrogens with one attached hydrogen (secondary N) is 2. The molecular formula is C12H10BrClN2O3. The van der Waals surface area contributed by atoms with Crippen LogP contribution in [-0.2, 0) is 0 Å². The van der Waals surface area contributed by atoms with Gasteiger partial charge in [0, 0.05) is 11.8 Å². The van der Waals surface area contributed by atoms with Crippen molar-refractivity contribution in [3.05, 3.63) is 40.0 Å². The average Bonchev–Trinajstić information content (AvgIpc) is 2.74. The summed E-state index contributed by atoms with van der Waals surface area (Å²) in [5.74, 6) is 0.881. The maximum atomic E-state index is 11.7. The summed E-state index contributed by atoms with van der Waals surface area (Å²) in [5, 5.41) is 5.58. The summed E-state index contributed by atoms with van der Waals surface area (Å²) in [7, 11) is 1.52. The minimum atomic E-state index is -0.428. The van der Waals surface area contributed by atoms with E-state index in [1.807, 2.05) is 0 Å². The third-order valence-corrected chi connectivity index (χ3v) is 2.94. The van der Waals surface area contributed by atoms with Crippen molar-refractivity contribution in [2.45, 2.75) is 0 Å². The molecule has 0 spiro atoms. The van der Waals surface area contributed by atoms with Crippen LogP contribution in [0.5, 0.6) is 5.75 Å². The van der Waals surface area contributed by atoms with Crippen LogP contribution in [0.4, 0.5) is 16.4 Å². The number of carbonyl (C=O) groups excluding carboxylic acids is 1. The zero-order chi connectivity index (χ0) is 13.8. The minimum absolute atomic E-state index is 0.337. The van der Waals surface area contributed by atoms with Crippen molar-refractivity contribution in [1.82, 2.24) is 0 Å². The number of benzene rings is 1. The molecule has 0 bridgehead atoms. The Morgan fingerprint density at radius 3 is 2.68 bits per heavy atom. The highest BCUT2D eigenvalue weighted by Gasteiger charge is 2.07. The van der Waals surface area contributed by atoms with E-state index in [-0.39, 0.29) is 0 Å². The third kappa shape index (κ3) is 3.65. The molecule has 2 N–H and O–H groups in total. The first kappa shape index (κ1) is 13.8. The first-order valence-electron chi connectivity index (χ1n) is 5.25. The van der Waals surface area contributed by atoms with Gasteiger partial charge in [0.1, 0.15) is 5.75 Å². The molecule has 0 aliphatic heterocycles. The molecule has 0 atom stereocenters. The van der Waals surface area contributed by atoms with Crippen molar-refractivity contribution in [1.29, 1.82) is 0 Å². The Morgan fingerprint density at radius 1 is 1.32 bits per heavy atom. The van der Waals surface area contributed by atoms with E-state index in [1.165, 1.54) is 7.11 Å². The van der Waals surface area contributed by atoms with E-state index in [2.05, 4.69) is 26.6 Å². The lowest BCUT2D eigenvalue weighted by Crippen LogP contribution is -2.18. The van der Waals surface area contributed by atoms with Crippen LogP contribution in [0.25, 0.3) is 0 Å². The second kappa shape index (κ2) is 5.99. The Morgan fingerprint density at radius 2 is 2.11 bits per heavy atom. The van der Waals surface area contributed by atoms with Crippen LogP contribution in [-0.4, -0.2) is 13.1 Å². The van der Waals surface area contributed by atoms with Gasteiger partial charge in [-0.1, -0.05) is 11.6 Å². The topological polar surface area (TPSA) is 63.5 Å². The molecule has 0 unspecified atom stereocenters. The van der Waals surface area contributed by atoms with Gasteiger partial charge in [0.25, 0.3) is 0 Å². The molecule has 5 nitrogen and oxygen atoms in total. The second-order valence-electron chi connectivity index (χ2n) is 3.53. The first-order chi connectivity index (χ1) is 9.08. The summed E-state index contributed by atoms with van der Waals surface area (Å²) < 4.78 is 10.7. The number of rotatable bonds is 3. The standard InChI is InChI=1S/C12H10BrClN2O3/c1-18-9-3-2-7(6-8(9)14)15-12(17)16-11-5-4-10(13)19-11/h2-6H,1H3,(H2,15,16,17). The normalized spacial score (nSPS) is 10.1. The van der Waals surface area contributed by atoms with Crippen LogP contribution in [0.2, 0.25) is 5.02 Å². The number of anilines is 2. The van der Waals surface area contributed by atoms with Crippen LogP contribution in [0.15, 0.2) is 39.4 Å².